The van der Waals surface area contributed by atoms with Crippen molar-refractivity contribution in [1.29, 1.82) is 5.26 Å². The van der Waals surface area contributed by atoms with Crippen molar-refractivity contribution in [3.8, 4) is 23.4 Å². The molecule has 0 radical (unpaired) electrons. The molecule has 0 saturated heterocycles. The highest BCUT2D eigenvalue weighted by Crippen LogP contribution is 2.25. The molecule has 0 saturated carbocycles. The number of carboxylic acid groups (broad SMARTS) is 1. The molecule has 2 rings (SSSR count). The second-order valence-electron chi connectivity index (χ2n) is 3.66. The summed E-state index contributed by atoms with van der Waals surface area (Å²) in [5.74, 6) is -0.438. The number of hydrogen-bond donors (Lipinski definition) is 1. The zero-order chi connectivity index (χ0) is 14.5. The third-order valence-electron chi connectivity index (χ3n) is 2.30. The Morgan fingerprint density at radius 3 is 2.70 bits per heavy atom. The maximum Gasteiger partial charge on any atom is 0.356 e. The van der Waals surface area contributed by atoms with Crippen molar-refractivity contribution in [1.82, 2.24) is 9.97 Å². The van der Waals surface area contributed by atoms with E-state index in [1.165, 1.54) is 19.4 Å². The van der Waals surface area contributed by atoms with Gasteiger partial charge in [0.15, 0.2) is 5.69 Å². The van der Waals surface area contributed by atoms with Crippen LogP contribution in [0.15, 0.2) is 30.6 Å². The van der Waals surface area contributed by atoms with Crippen molar-refractivity contribution >= 4 is 5.97 Å². The van der Waals surface area contributed by atoms with Gasteiger partial charge >= 0.3 is 5.97 Å². The van der Waals surface area contributed by atoms with E-state index in [9.17, 15) is 4.79 Å². The number of nitriles is 1. The summed E-state index contributed by atoms with van der Waals surface area (Å²) in [5, 5.41) is 17.7. The van der Waals surface area contributed by atoms with E-state index in [1.807, 2.05) is 6.07 Å². The zero-order valence-electron chi connectivity index (χ0n) is 10.4. The number of aromatic nitrogens is 2. The lowest BCUT2D eigenvalue weighted by Gasteiger charge is -2.07. The number of methoxy groups -OCH3 is 1. The Labute approximate surface area is 114 Å². The molecule has 1 aromatic heterocycles. The lowest BCUT2D eigenvalue weighted by molar-refractivity contribution is 0.0689. The first-order chi connectivity index (χ1) is 9.62. The first kappa shape index (κ1) is 13.3. The Balaban J connectivity index is 2.32. The topological polar surface area (TPSA) is 105 Å². The van der Waals surface area contributed by atoms with Gasteiger partial charge in [0.05, 0.1) is 31.1 Å². The minimum atomic E-state index is -1.20. The fourth-order valence-corrected chi connectivity index (χ4v) is 1.43. The summed E-state index contributed by atoms with van der Waals surface area (Å²) >= 11 is 0. The lowest BCUT2D eigenvalue weighted by atomic mass is 10.2. The van der Waals surface area contributed by atoms with Crippen LogP contribution in [0.25, 0.3) is 0 Å². The SMILES string of the molecule is COc1cc(C#N)cc(Oc2cncc(C(=O)O)n2)c1. The van der Waals surface area contributed by atoms with Gasteiger partial charge in [-0.15, -0.1) is 0 Å². The molecular formula is C13H9N3O4. The van der Waals surface area contributed by atoms with Crippen molar-refractivity contribution < 1.29 is 19.4 Å². The van der Waals surface area contributed by atoms with E-state index < -0.39 is 5.97 Å². The van der Waals surface area contributed by atoms with Crippen LogP contribution in [-0.2, 0) is 0 Å². The van der Waals surface area contributed by atoms with Gasteiger partial charge in [-0.25, -0.2) is 9.78 Å². The largest absolute Gasteiger partial charge is 0.497 e. The van der Waals surface area contributed by atoms with Gasteiger partial charge in [0.25, 0.3) is 0 Å². The maximum atomic E-state index is 10.8. The van der Waals surface area contributed by atoms with Gasteiger partial charge in [-0.1, -0.05) is 0 Å². The normalized spacial score (nSPS) is 9.60. The van der Waals surface area contributed by atoms with E-state index >= 15 is 0 Å². The molecule has 0 aliphatic carbocycles. The minimum absolute atomic E-state index is 0.0158. The van der Waals surface area contributed by atoms with Crippen LogP contribution >= 0.6 is 0 Å². The van der Waals surface area contributed by atoms with Gasteiger partial charge < -0.3 is 14.6 Å². The van der Waals surface area contributed by atoms with E-state index in [0.29, 0.717) is 17.1 Å². The average molecular weight is 271 g/mol. The molecule has 0 unspecified atom stereocenters. The van der Waals surface area contributed by atoms with Crippen LogP contribution in [0.4, 0.5) is 0 Å². The van der Waals surface area contributed by atoms with Crippen LogP contribution in [-0.4, -0.2) is 28.2 Å². The van der Waals surface area contributed by atoms with Gasteiger partial charge in [-0.05, 0) is 12.1 Å². The molecule has 0 atom stereocenters. The molecule has 2 aromatic rings. The van der Waals surface area contributed by atoms with Crippen LogP contribution in [0.5, 0.6) is 17.4 Å². The molecule has 0 amide bonds. The summed E-state index contributed by atoms with van der Waals surface area (Å²) in [5.41, 5.74) is 0.118. The van der Waals surface area contributed by atoms with E-state index in [4.69, 9.17) is 19.8 Å². The number of carbonyl (C=O) groups is 1. The third-order valence-corrected chi connectivity index (χ3v) is 2.30. The van der Waals surface area contributed by atoms with E-state index in [2.05, 4.69) is 9.97 Å². The first-order valence-electron chi connectivity index (χ1n) is 5.44. The van der Waals surface area contributed by atoms with E-state index in [0.717, 1.165) is 6.20 Å². The van der Waals surface area contributed by atoms with Crippen LogP contribution < -0.4 is 9.47 Å². The van der Waals surface area contributed by atoms with E-state index in [-0.39, 0.29) is 11.6 Å². The Morgan fingerprint density at radius 1 is 1.30 bits per heavy atom. The van der Waals surface area contributed by atoms with E-state index in [1.54, 1.807) is 12.1 Å². The number of carboxylic acids is 1. The van der Waals surface area contributed by atoms with Crippen LogP contribution in [0.3, 0.4) is 0 Å². The first-order valence-corrected chi connectivity index (χ1v) is 5.44. The van der Waals surface area contributed by atoms with Crippen molar-refractivity contribution in [3.63, 3.8) is 0 Å². The van der Waals surface area contributed by atoms with Crippen LogP contribution in [0.1, 0.15) is 16.1 Å². The lowest BCUT2D eigenvalue weighted by Crippen LogP contribution is -2.02. The van der Waals surface area contributed by atoms with Gasteiger partial charge in [-0.3, -0.25) is 4.98 Å². The predicted molar refractivity (Wildman–Crippen MR) is 66.8 cm³/mol. The molecule has 100 valence electrons. The quantitative estimate of drug-likeness (QED) is 0.904. The van der Waals surface area contributed by atoms with Gasteiger partial charge in [0.2, 0.25) is 5.88 Å². The summed E-state index contributed by atoms with van der Waals surface area (Å²) in [6, 6.07) is 6.55. The van der Waals surface area contributed by atoms with Gasteiger partial charge in [0, 0.05) is 6.07 Å². The summed E-state index contributed by atoms with van der Waals surface area (Å²) in [7, 11) is 1.46. The molecule has 1 aromatic carbocycles. The Hall–Kier alpha value is -3.14. The summed E-state index contributed by atoms with van der Waals surface area (Å²) in [4.78, 5) is 18.3. The standard InChI is InChI=1S/C13H9N3O4/c1-19-9-2-8(5-14)3-10(4-9)20-12-7-15-6-11(16-12)13(17)18/h2-4,6-7H,1H3,(H,17,18). The highest BCUT2D eigenvalue weighted by Gasteiger charge is 2.09. The van der Waals surface area contributed by atoms with Crippen LogP contribution in [0.2, 0.25) is 0 Å². The second-order valence-corrected chi connectivity index (χ2v) is 3.66. The fraction of sp³-hybridized carbons (Fsp3) is 0.0769. The molecule has 1 heterocycles. The number of nitrogens with zero attached hydrogens (tertiary/aromatic N) is 3. The smallest absolute Gasteiger partial charge is 0.356 e. The van der Waals surface area contributed by atoms with Crippen molar-refractivity contribution in [2.24, 2.45) is 0 Å². The minimum Gasteiger partial charge on any atom is -0.497 e. The molecule has 0 aliphatic heterocycles. The molecule has 20 heavy (non-hydrogen) atoms. The number of benzene rings is 1. The molecular weight excluding hydrogens is 262 g/mol. The number of aromatic carboxylic acids is 1. The summed E-state index contributed by atoms with van der Waals surface area (Å²) in [6.45, 7) is 0. The molecule has 7 heteroatoms. The summed E-state index contributed by atoms with van der Waals surface area (Å²) in [6.07, 6.45) is 2.39. The third kappa shape index (κ3) is 3.00. The highest BCUT2D eigenvalue weighted by molar-refractivity contribution is 5.84. The number of hydrogen-bond acceptors (Lipinski definition) is 6. The fourth-order valence-electron chi connectivity index (χ4n) is 1.43. The van der Waals surface area contributed by atoms with Crippen LogP contribution in [0, 0.1) is 11.3 Å². The van der Waals surface area contributed by atoms with Crippen molar-refractivity contribution in [2.45, 2.75) is 0 Å². The molecule has 0 fully saturated rings. The van der Waals surface area contributed by atoms with Gasteiger partial charge in [-0.2, -0.15) is 5.26 Å². The predicted octanol–water partition coefficient (Wildman–Crippen LogP) is 1.85. The molecule has 0 spiro atoms. The maximum absolute atomic E-state index is 10.8. The molecule has 1 N–H and O–H groups in total. The van der Waals surface area contributed by atoms with Crippen molar-refractivity contribution in [3.05, 3.63) is 41.9 Å². The Morgan fingerprint density at radius 2 is 2.05 bits per heavy atom. The number of rotatable bonds is 4. The van der Waals surface area contributed by atoms with Crippen molar-refractivity contribution in [2.75, 3.05) is 7.11 Å². The Kier molecular flexibility index (Phi) is 3.77. The molecule has 0 aliphatic rings. The molecule has 7 nitrogen and oxygen atoms in total. The number of ether oxygens (including phenoxy) is 2. The highest BCUT2D eigenvalue weighted by atomic mass is 16.5. The zero-order valence-corrected chi connectivity index (χ0v) is 10.4. The molecule has 0 bridgehead atoms. The second kappa shape index (κ2) is 5.67. The summed E-state index contributed by atoms with van der Waals surface area (Å²) < 4.78 is 10.4. The monoisotopic (exact) mass is 271 g/mol. The Bertz CT molecular complexity index is 694. The average Bonchev–Trinajstić information content (AvgIpc) is 2.47. The van der Waals surface area contributed by atoms with Gasteiger partial charge in [0.1, 0.15) is 11.5 Å².